The van der Waals surface area contributed by atoms with Gasteiger partial charge in [0.25, 0.3) is 0 Å². The molecule has 9 nitrogen and oxygen atoms in total. The van der Waals surface area contributed by atoms with Gasteiger partial charge in [-0.1, -0.05) is 6.42 Å². The highest BCUT2D eigenvalue weighted by molar-refractivity contribution is 5.91. The summed E-state index contributed by atoms with van der Waals surface area (Å²) < 4.78 is 0. The van der Waals surface area contributed by atoms with E-state index in [1.807, 2.05) is 0 Å². The van der Waals surface area contributed by atoms with E-state index in [-0.39, 0.29) is 0 Å². The Bertz CT molecular complexity index is 337. The van der Waals surface area contributed by atoms with E-state index in [2.05, 4.69) is 10.6 Å². The molecule has 0 fully saturated rings. The molecule has 2 unspecified atom stereocenters. The number of unbranched alkanes of at least 4 members (excludes halogenated alkanes) is 1. The van der Waals surface area contributed by atoms with Crippen molar-refractivity contribution < 1.29 is 24.6 Å². The zero-order valence-corrected chi connectivity index (χ0v) is 11.2. The number of carbonyl (C=O) groups excluding carboxylic acids is 2. The molecule has 0 saturated heterocycles. The lowest BCUT2D eigenvalue weighted by Gasteiger charge is -2.18. The largest absolute Gasteiger partial charge is 0.480 e. The van der Waals surface area contributed by atoms with Gasteiger partial charge in [-0.15, -0.1) is 0 Å². The van der Waals surface area contributed by atoms with Crippen LogP contribution in [0.5, 0.6) is 0 Å². The molecule has 0 radical (unpaired) electrons. The zero-order valence-electron chi connectivity index (χ0n) is 11.2. The topological polar surface area (TPSA) is 168 Å². The SMILES string of the molecule is NCCCCC(N)C(=O)NC(CO)C(=O)NCC(=O)O. The number of hydrogen-bond donors (Lipinski definition) is 6. The summed E-state index contributed by atoms with van der Waals surface area (Å²) in [5, 5.41) is 21.8. The first kappa shape index (κ1) is 18.3. The summed E-state index contributed by atoms with van der Waals surface area (Å²) in [4.78, 5) is 33.5. The standard InChI is InChI=1S/C11H22N4O5/c12-4-2-1-3-7(13)10(19)15-8(6-16)11(20)14-5-9(17)18/h7-8,16H,1-6,12-13H2,(H,14,20)(H,15,19)(H,17,18). The van der Waals surface area contributed by atoms with E-state index < -0.39 is 43.0 Å². The number of aliphatic hydroxyl groups is 1. The first-order valence-corrected chi connectivity index (χ1v) is 6.28. The van der Waals surface area contributed by atoms with Crippen LogP contribution in [0.3, 0.4) is 0 Å². The molecule has 0 aliphatic heterocycles. The highest BCUT2D eigenvalue weighted by Gasteiger charge is 2.23. The molecular formula is C11H22N4O5. The highest BCUT2D eigenvalue weighted by Crippen LogP contribution is 1.98. The third-order valence-electron chi connectivity index (χ3n) is 2.54. The van der Waals surface area contributed by atoms with E-state index in [0.29, 0.717) is 19.4 Å². The van der Waals surface area contributed by atoms with Crippen LogP contribution in [-0.4, -0.2) is 59.8 Å². The number of carboxylic acid groups (broad SMARTS) is 1. The molecule has 0 heterocycles. The van der Waals surface area contributed by atoms with Crippen molar-refractivity contribution in [2.45, 2.75) is 31.3 Å². The third kappa shape index (κ3) is 7.67. The summed E-state index contributed by atoms with van der Waals surface area (Å²) in [6, 6.07) is -2.02. The molecule has 0 aliphatic carbocycles. The fourth-order valence-corrected chi connectivity index (χ4v) is 1.40. The minimum absolute atomic E-state index is 0.415. The van der Waals surface area contributed by atoms with E-state index in [1.54, 1.807) is 0 Å². The Morgan fingerprint density at radius 3 is 2.30 bits per heavy atom. The van der Waals surface area contributed by atoms with E-state index in [9.17, 15) is 14.4 Å². The molecule has 116 valence electrons. The van der Waals surface area contributed by atoms with E-state index in [0.717, 1.165) is 6.42 Å². The molecule has 0 aliphatic rings. The van der Waals surface area contributed by atoms with Crippen molar-refractivity contribution in [2.24, 2.45) is 11.5 Å². The number of hydrogen-bond acceptors (Lipinski definition) is 6. The Hall–Kier alpha value is -1.71. The van der Waals surface area contributed by atoms with E-state index in [4.69, 9.17) is 21.7 Å². The van der Waals surface area contributed by atoms with Crippen LogP contribution < -0.4 is 22.1 Å². The number of aliphatic hydroxyl groups excluding tert-OH is 1. The van der Waals surface area contributed by atoms with Crippen LogP contribution in [0.1, 0.15) is 19.3 Å². The van der Waals surface area contributed by atoms with Crippen molar-refractivity contribution in [3.63, 3.8) is 0 Å². The molecule has 2 atom stereocenters. The molecule has 0 bridgehead atoms. The Labute approximate surface area is 116 Å². The van der Waals surface area contributed by atoms with Crippen LogP contribution in [0.25, 0.3) is 0 Å². The Kier molecular flexibility index (Phi) is 9.26. The summed E-state index contributed by atoms with van der Waals surface area (Å²) >= 11 is 0. The number of rotatable bonds is 10. The van der Waals surface area contributed by atoms with Gasteiger partial charge >= 0.3 is 5.97 Å². The van der Waals surface area contributed by atoms with Gasteiger partial charge in [0.05, 0.1) is 12.6 Å². The van der Waals surface area contributed by atoms with Crippen molar-refractivity contribution in [3.8, 4) is 0 Å². The maximum Gasteiger partial charge on any atom is 0.322 e. The van der Waals surface area contributed by atoms with Crippen LogP contribution >= 0.6 is 0 Å². The predicted octanol–water partition coefficient (Wildman–Crippen LogP) is -2.88. The second-order valence-corrected chi connectivity index (χ2v) is 4.25. The number of carbonyl (C=O) groups is 3. The fraction of sp³-hybridized carbons (Fsp3) is 0.727. The lowest BCUT2D eigenvalue weighted by molar-refractivity contribution is -0.138. The molecular weight excluding hydrogens is 268 g/mol. The summed E-state index contributed by atoms with van der Waals surface area (Å²) in [5.41, 5.74) is 10.9. The lowest BCUT2D eigenvalue weighted by Crippen LogP contribution is -2.53. The van der Waals surface area contributed by atoms with Gasteiger partial charge in [-0.25, -0.2) is 0 Å². The minimum Gasteiger partial charge on any atom is -0.480 e. The van der Waals surface area contributed by atoms with Crippen LogP contribution in [0, 0.1) is 0 Å². The van der Waals surface area contributed by atoms with Gasteiger partial charge < -0.3 is 32.3 Å². The normalized spacial score (nSPS) is 13.3. The first-order chi connectivity index (χ1) is 9.42. The van der Waals surface area contributed by atoms with Crippen LogP contribution in [0.2, 0.25) is 0 Å². The highest BCUT2D eigenvalue weighted by atomic mass is 16.4. The predicted molar refractivity (Wildman–Crippen MR) is 70.5 cm³/mol. The van der Waals surface area contributed by atoms with Gasteiger partial charge in [0.1, 0.15) is 12.6 Å². The molecule has 9 heteroatoms. The molecule has 0 aromatic heterocycles. The van der Waals surface area contributed by atoms with Crippen molar-refractivity contribution in [1.29, 1.82) is 0 Å². The fourth-order valence-electron chi connectivity index (χ4n) is 1.40. The van der Waals surface area contributed by atoms with Crippen molar-refractivity contribution in [2.75, 3.05) is 19.7 Å². The van der Waals surface area contributed by atoms with E-state index >= 15 is 0 Å². The van der Waals surface area contributed by atoms with Crippen LogP contribution in [-0.2, 0) is 14.4 Å². The van der Waals surface area contributed by atoms with Gasteiger partial charge in [0.2, 0.25) is 11.8 Å². The average Bonchev–Trinajstić information content (AvgIpc) is 2.41. The van der Waals surface area contributed by atoms with Gasteiger partial charge in [0.15, 0.2) is 0 Å². The first-order valence-electron chi connectivity index (χ1n) is 6.28. The van der Waals surface area contributed by atoms with Crippen molar-refractivity contribution >= 4 is 17.8 Å². The van der Waals surface area contributed by atoms with Crippen molar-refractivity contribution in [3.05, 3.63) is 0 Å². The monoisotopic (exact) mass is 290 g/mol. The van der Waals surface area contributed by atoms with Crippen LogP contribution in [0.15, 0.2) is 0 Å². The van der Waals surface area contributed by atoms with E-state index in [1.165, 1.54) is 0 Å². The maximum absolute atomic E-state index is 11.7. The molecule has 0 aromatic carbocycles. The molecule has 0 rings (SSSR count). The van der Waals surface area contributed by atoms with Gasteiger partial charge in [0, 0.05) is 0 Å². The lowest BCUT2D eigenvalue weighted by atomic mass is 10.1. The number of nitrogens with two attached hydrogens (primary N) is 2. The second kappa shape index (κ2) is 10.1. The quantitative estimate of drug-likeness (QED) is 0.235. The average molecular weight is 290 g/mol. The van der Waals surface area contributed by atoms with Crippen LogP contribution in [0.4, 0.5) is 0 Å². The van der Waals surface area contributed by atoms with Gasteiger partial charge in [-0.3, -0.25) is 14.4 Å². The Morgan fingerprint density at radius 2 is 1.80 bits per heavy atom. The molecule has 0 aromatic rings. The van der Waals surface area contributed by atoms with Gasteiger partial charge in [-0.2, -0.15) is 0 Å². The molecule has 0 spiro atoms. The summed E-state index contributed by atoms with van der Waals surface area (Å²) in [7, 11) is 0. The Morgan fingerprint density at radius 1 is 1.15 bits per heavy atom. The number of aliphatic carboxylic acids is 1. The summed E-state index contributed by atoms with van der Waals surface area (Å²) in [6.07, 6.45) is 1.83. The second-order valence-electron chi connectivity index (χ2n) is 4.25. The smallest absolute Gasteiger partial charge is 0.322 e. The number of amides is 2. The van der Waals surface area contributed by atoms with Gasteiger partial charge in [-0.05, 0) is 19.4 Å². The van der Waals surface area contributed by atoms with Crippen molar-refractivity contribution in [1.82, 2.24) is 10.6 Å². The number of nitrogens with one attached hydrogen (secondary N) is 2. The zero-order chi connectivity index (χ0) is 15.5. The maximum atomic E-state index is 11.7. The third-order valence-corrected chi connectivity index (χ3v) is 2.54. The Balaban J connectivity index is 4.22. The molecule has 0 saturated carbocycles. The minimum atomic E-state index is -1.22. The molecule has 20 heavy (non-hydrogen) atoms. The number of carboxylic acids is 1. The summed E-state index contributed by atoms with van der Waals surface area (Å²) in [6.45, 7) is -0.730. The molecule has 8 N–H and O–H groups in total. The molecule has 2 amide bonds. The summed E-state index contributed by atoms with van der Waals surface area (Å²) in [5.74, 6) is -2.58.